The Morgan fingerprint density at radius 2 is 1.86 bits per heavy atom. The van der Waals surface area contributed by atoms with Crippen LogP contribution in [0.25, 0.3) is 0 Å². The summed E-state index contributed by atoms with van der Waals surface area (Å²) in [5.41, 5.74) is 7.88. The summed E-state index contributed by atoms with van der Waals surface area (Å²) in [6.45, 7) is 0.880. The van der Waals surface area contributed by atoms with Crippen molar-refractivity contribution >= 4 is 5.91 Å². The molecule has 5 heteroatoms. The molecule has 21 heavy (non-hydrogen) atoms. The zero-order valence-corrected chi connectivity index (χ0v) is 11.7. The van der Waals surface area contributed by atoms with Crippen LogP contribution in [0.3, 0.4) is 0 Å². The Hall–Kier alpha value is -2.40. The molecule has 2 aromatic rings. The van der Waals surface area contributed by atoms with Crippen molar-refractivity contribution in [3.8, 4) is 5.75 Å². The normalized spacial score (nSPS) is 10.2. The van der Waals surface area contributed by atoms with E-state index in [1.807, 2.05) is 24.3 Å². The van der Waals surface area contributed by atoms with E-state index < -0.39 is 5.82 Å². The SMILES string of the molecule is COc1cc(C(=O)NCc2ccc(CN)cc2)ccc1F. The second-order valence-corrected chi connectivity index (χ2v) is 4.55. The van der Waals surface area contributed by atoms with E-state index in [-0.39, 0.29) is 11.7 Å². The molecule has 0 bridgehead atoms. The number of carbonyl (C=O) groups excluding carboxylic acids is 1. The van der Waals surface area contributed by atoms with Gasteiger partial charge in [-0.25, -0.2) is 4.39 Å². The third-order valence-electron chi connectivity index (χ3n) is 3.13. The molecule has 0 aliphatic heterocycles. The smallest absolute Gasteiger partial charge is 0.251 e. The predicted octanol–water partition coefficient (Wildman–Crippen LogP) is 2.22. The average molecular weight is 288 g/mol. The molecule has 0 spiro atoms. The van der Waals surface area contributed by atoms with Crippen molar-refractivity contribution in [3.05, 3.63) is 65.0 Å². The molecule has 3 N–H and O–H groups in total. The number of methoxy groups -OCH3 is 1. The van der Waals surface area contributed by atoms with Gasteiger partial charge in [-0.05, 0) is 29.3 Å². The molecule has 0 aliphatic carbocycles. The fraction of sp³-hybridized carbons (Fsp3) is 0.188. The van der Waals surface area contributed by atoms with Crippen LogP contribution in [0, 0.1) is 5.82 Å². The number of nitrogens with one attached hydrogen (secondary N) is 1. The second kappa shape index (κ2) is 6.85. The van der Waals surface area contributed by atoms with Gasteiger partial charge in [-0.15, -0.1) is 0 Å². The molecule has 2 aromatic carbocycles. The van der Waals surface area contributed by atoms with E-state index in [1.54, 1.807) is 0 Å². The van der Waals surface area contributed by atoms with Gasteiger partial charge in [-0.1, -0.05) is 24.3 Å². The quantitative estimate of drug-likeness (QED) is 0.886. The lowest BCUT2D eigenvalue weighted by molar-refractivity contribution is 0.0950. The number of rotatable bonds is 5. The maximum Gasteiger partial charge on any atom is 0.251 e. The monoisotopic (exact) mass is 288 g/mol. The summed E-state index contributed by atoms with van der Waals surface area (Å²) in [6, 6.07) is 11.7. The Morgan fingerprint density at radius 1 is 1.19 bits per heavy atom. The van der Waals surface area contributed by atoms with Crippen LogP contribution < -0.4 is 15.8 Å². The van der Waals surface area contributed by atoms with Gasteiger partial charge in [0.05, 0.1) is 7.11 Å². The first-order valence-electron chi connectivity index (χ1n) is 6.53. The maximum absolute atomic E-state index is 13.3. The largest absolute Gasteiger partial charge is 0.494 e. The van der Waals surface area contributed by atoms with Crippen molar-refractivity contribution in [2.45, 2.75) is 13.1 Å². The van der Waals surface area contributed by atoms with Crippen molar-refractivity contribution in [2.24, 2.45) is 5.73 Å². The van der Waals surface area contributed by atoms with Crippen molar-refractivity contribution < 1.29 is 13.9 Å². The highest BCUT2D eigenvalue weighted by atomic mass is 19.1. The van der Waals surface area contributed by atoms with Crippen LogP contribution in [0.2, 0.25) is 0 Å². The minimum atomic E-state index is -0.494. The molecule has 0 fully saturated rings. The molecule has 0 atom stereocenters. The molecule has 0 heterocycles. The number of carbonyl (C=O) groups is 1. The molecular formula is C16H17FN2O2. The van der Waals surface area contributed by atoms with Gasteiger partial charge in [0.1, 0.15) is 0 Å². The van der Waals surface area contributed by atoms with E-state index in [2.05, 4.69) is 5.32 Å². The van der Waals surface area contributed by atoms with E-state index in [9.17, 15) is 9.18 Å². The summed E-state index contributed by atoms with van der Waals surface area (Å²) in [5.74, 6) is -0.724. The molecule has 0 radical (unpaired) electrons. The van der Waals surface area contributed by atoms with Crippen molar-refractivity contribution in [1.29, 1.82) is 0 Å². The van der Waals surface area contributed by atoms with E-state index in [1.165, 1.54) is 25.3 Å². The van der Waals surface area contributed by atoms with Crippen LogP contribution in [0.15, 0.2) is 42.5 Å². The summed E-state index contributed by atoms with van der Waals surface area (Å²) in [7, 11) is 1.36. The number of ether oxygens (including phenoxy) is 1. The number of hydrogen-bond donors (Lipinski definition) is 2. The summed E-state index contributed by atoms with van der Waals surface area (Å²) in [5, 5.41) is 2.78. The van der Waals surface area contributed by atoms with Gasteiger partial charge in [-0.2, -0.15) is 0 Å². The van der Waals surface area contributed by atoms with Gasteiger partial charge < -0.3 is 15.8 Å². The molecule has 0 aliphatic rings. The third-order valence-corrected chi connectivity index (χ3v) is 3.13. The highest BCUT2D eigenvalue weighted by molar-refractivity contribution is 5.94. The van der Waals surface area contributed by atoms with Gasteiger partial charge in [0, 0.05) is 18.7 Å². The van der Waals surface area contributed by atoms with Crippen molar-refractivity contribution in [3.63, 3.8) is 0 Å². The fourth-order valence-electron chi connectivity index (χ4n) is 1.88. The Bertz CT molecular complexity index is 627. The third kappa shape index (κ3) is 3.79. The second-order valence-electron chi connectivity index (χ2n) is 4.55. The van der Waals surface area contributed by atoms with Gasteiger partial charge in [0.15, 0.2) is 11.6 Å². The molecule has 0 saturated carbocycles. The van der Waals surface area contributed by atoms with E-state index in [0.717, 1.165) is 11.1 Å². The average Bonchev–Trinajstić information content (AvgIpc) is 2.53. The molecule has 1 amide bonds. The summed E-state index contributed by atoms with van der Waals surface area (Å²) >= 11 is 0. The predicted molar refractivity (Wildman–Crippen MR) is 78.5 cm³/mol. The van der Waals surface area contributed by atoms with Gasteiger partial charge in [-0.3, -0.25) is 4.79 Å². The summed E-state index contributed by atoms with van der Waals surface area (Å²) < 4.78 is 18.1. The maximum atomic E-state index is 13.3. The molecule has 0 aromatic heterocycles. The Kier molecular flexibility index (Phi) is 4.90. The zero-order chi connectivity index (χ0) is 15.2. The molecular weight excluding hydrogens is 271 g/mol. The molecule has 110 valence electrons. The lowest BCUT2D eigenvalue weighted by Gasteiger charge is -2.08. The van der Waals surface area contributed by atoms with Crippen LogP contribution in [-0.2, 0) is 13.1 Å². The highest BCUT2D eigenvalue weighted by Crippen LogP contribution is 2.18. The lowest BCUT2D eigenvalue weighted by atomic mass is 10.1. The first kappa shape index (κ1) is 15.0. The Balaban J connectivity index is 2.00. The van der Waals surface area contributed by atoms with Crippen LogP contribution >= 0.6 is 0 Å². The molecule has 4 nitrogen and oxygen atoms in total. The first-order chi connectivity index (χ1) is 10.1. The van der Waals surface area contributed by atoms with Crippen molar-refractivity contribution in [2.75, 3.05) is 7.11 Å². The van der Waals surface area contributed by atoms with Crippen LogP contribution in [0.1, 0.15) is 21.5 Å². The van der Waals surface area contributed by atoms with Crippen LogP contribution in [0.4, 0.5) is 4.39 Å². The van der Waals surface area contributed by atoms with Gasteiger partial charge in [0.25, 0.3) is 5.91 Å². The van der Waals surface area contributed by atoms with Crippen LogP contribution in [-0.4, -0.2) is 13.0 Å². The number of hydrogen-bond acceptors (Lipinski definition) is 3. The summed E-state index contributed by atoms with van der Waals surface area (Å²) in [4.78, 5) is 12.0. The van der Waals surface area contributed by atoms with Gasteiger partial charge in [0.2, 0.25) is 0 Å². The molecule has 0 saturated heterocycles. The number of amides is 1. The minimum absolute atomic E-state index is 0.0509. The van der Waals surface area contributed by atoms with E-state index in [0.29, 0.717) is 18.7 Å². The number of halogens is 1. The highest BCUT2D eigenvalue weighted by Gasteiger charge is 2.09. The van der Waals surface area contributed by atoms with Crippen molar-refractivity contribution in [1.82, 2.24) is 5.32 Å². The molecule has 0 unspecified atom stereocenters. The summed E-state index contributed by atoms with van der Waals surface area (Å²) in [6.07, 6.45) is 0. The van der Waals surface area contributed by atoms with E-state index >= 15 is 0 Å². The Morgan fingerprint density at radius 3 is 2.48 bits per heavy atom. The van der Waals surface area contributed by atoms with Crippen LogP contribution in [0.5, 0.6) is 5.75 Å². The van der Waals surface area contributed by atoms with Gasteiger partial charge >= 0.3 is 0 Å². The lowest BCUT2D eigenvalue weighted by Crippen LogP contribution is -2.22. The first-order valence-corrected chi connectivity index (χ1v) is 6.53. The fourth-order valence-corrected chi connectivity index (χ4v) is 1.88. The standard InChI is InChI=1S/C16H17FN2O2/c1-21-15-8-13(6-7-14(15)17)16(20)19-10-12-4-2-11(9-18)3-5-12/h2-8H,9-10,18H2,1H3,(H,19,20). The minimum Gasteiger partial charge on any atom is -0.494 e. The van der Waals surface area contributed by atoms with E-state index in [4.69, 9.17) is 10.5 Å². The number of benzene rings is 2. The molecule has 2 rings (SSSR count). The Labute approximate surface area is 122 Å². The topological polar surface area (TPSA) is 64.3 Å². The number of nitrogens with two attached hydrogens (primary N) is 1. The zero-order valence-electron chi connectivity index (χ0n) is 11.7.